The molecular formula is C15H22N2OS. The average molecular weight is 278 g/mol. The Hall–Kier alpha value is -0.870. The number of thiophene rings is 1. The highest BCUT2D eigenvalue weighted by molar-refractivity contribution is 7.12. The van der Waals surface area contributed by atoms with E-state index in [1.807, 2.05) is 11.3 Å². The van der Waals surface area contributed by atoms with E-state index in [0.717, 1.165) is 13.0 Å². The summed E-state index contributed by atoms with van der Waals surface area (Å²) in [5.74, 6) is 0. The molecule has 2 aliphatic rings. The molecule has 1 fully saturated rings. The van der Waals surface area contributed by atoms with Crippen LogP contribution in [0.3, 0.4) is 0 Å². The second-order valence-corrected chi connectivity index (χ2v) is 6.92. The van der Waals surface area contributed by atoms with Gasteiger partial charge in [-0.05, 0) is 43.9 Å². The van der Waals surface area contributed by atoms with E-state index in [1.54, 1.807) is 5.56 Å². The molecule has 1 spiro atoms. The first-order chi connectivity index (χ1) is 9.21. The predicted molar refractivity (Wildman–Crippen MR) is 80.1 cm³/mol. The zero-order valence-corrected chi connectivity index (χ0v) is 12.6. The molecule has 1 aromatic heterocycles. The van der Waals surface area contributed by atoms with Gasteiger partial charge in [-0.2, -0.15) is 0 Å². The molecule has 4 heteroatoms. The summed E-state index contributed by atoms with van der Waals surface area (Å²) in [6.45, 7) is 1.59. The fourth-order valence-corrected chi connectivity index (χ4v) is 4.36. The standard InChI is InChI=1S/C15H22N2OS/c1-17(2)8-9-18-16-13-11-15(6-3-4-7-15)12-5-10-19-14(12)13/h5,10H,3-4,6-9,11H2,1-2H3/b16-13+. The van der Waals surface area contributed by atoms with E-state index in [0.29, 0.717) is 12.0 Å². The number of oxime groups is 1. The van der Waals surface area contributed by atoms with E-state index < -0.39 is 0 Å². The summed E-state index contributed by atoms with van der Waals surface area (Å²) in [5.41, 5.74) is 3.13. The average Bonchev–Trinajstić information content (AvgIpc) is 3.05. The highest BCUT2D eigenvalue weighted by atomic mass is 32.1. The summed E-state index contributed by atoms with van der Waals surface area (Å²) in [7, 11) is 4.11. The van der Waals surface area contributed by atoms with Crippen molar-refractivity contribution in [3.63, 3.8) is 0 Å². The number of rotatable bonds is 4. The van der Waals surface area contributed by atoms with Gasteiger partial charge < -0.3 is 9.74 Å². The van der Waals surface area contributed by atoms with Crippen molar-refractivity contribution in [2.75, 3.05) is 27.2 Å². The molecule has 19 heavy (non-hydrogen) atoms. The van der Waals surface area contributed by atoms with Crippen molar-refractivity contribution in [2.24, 2.45) is 5.16 Å². The van der Waals surface area contributed by atoms with Gasteiger partial charge in [-0.1, -0.05) is 18.0 Å². The van der Waals surface area contributed by atoms with Gasteiger partial charge in [0.2, 0.25) is 0 Å². The number of nitrogens with zero attached hydrogens (tertiary/aromatic N) is 2. The first-order valence-corrected chi connectivity index (χ1v) is 8.01. The van der Waals surface area contributed by atoms with Crippen molar-refractivity contribution in [3.05, 3.63) is 21.9 Å². The number of hydrogen-bond donors (Lipinski definition) is 0. The van der Waals surface area contributed by atoms with Crippen molar-refractivity contribution < 1.29 is 4.84 Å². The van der Waals surface area contributed by atoms with Crippen molar-refractivity contribution in [2.45, 2.75) is 37.5 Å². The van der Waals surface area contributed by atoms with E-state index in [4.69, 9.17) is 4.84 Å². The van der Waals surface area contributed by atoms with Crippen molar-refractivity contribution in [1.82, 2.24) is 4.90 Å². The topological polar surface area (TPSA) is 24.8 Å². The third kappa shape index (κ3) is 2.43. The van der Waals surface area contributed by atoms with E-state index >= 15 is 0 Å². The highest BCUT2D eigenvalue weighted by Gasteiger charge is 2.44. The van der Waals surface area contributed by atoms with Crippen LogP contribution < -0.4 is 0 Å². The number of hydrogen-bond acceptors (Lipinski definition) is 4. The van der Waals surface area contributed by atoms with Gasteiger partial charge in [0, 0.05) is 18.4 Å². The summed E-state index contributed by atoms with van der Waals surface area (Å²) in [6.07, 6.45) is 6.48. The predicted octanol–water partition coefficient (Wildman–Crippen LogP) is 3.25. The lowest BCUT2D eigenvalue weighted by Gasteiger charge is -2.22. The van der Waals surface area contributed by atoms with Gasteiger partial charge >= 0.3 is 0 Å². The van der Waals surface area contributed by atoms with Gasteiger partial charge in [-0.3, -0.25) is 0 Å². The Bertz CT molecular complexity index is 472. The lowest BCUT2D eigenvalue weighted by Crippen LogP contribution is -2.19. The smallest absolute Gasteiger partial charge is 0.129 e. The van der Waals surface area contributed by atoms with Crippen LogP contribution in [0, 0.1) is 0 Å². The Balaban J connectivity index is 1.73. The van der Waals surface area contributed by atoms with Crippen LogP contribution in [-0.2, 0) is 10.3 Å². The van der Waals surface area contributed by atoms with Crippen LogP contribution in [-0.4, -0.2) is 37.9 Å². The van der Waals surface area contributed by atoms with Gasteiger partial charge in [0.15, 0.2) is 0 Å². The molecule has 0 unspecified atom stereocenters. The maximum Gasteiger partial charge on any atom is 0.129 e. The number of likely N-dealkylation sites (N-methyl/N-ethyl adjacent to an activating group) is 1. The molecule has 2 aliphatic carbocycles. The first kappa shape index (κ1) is 13.1. The molecule has 0 aliphatic heterocycles. The molecule has 0 atom stereocenters. The normalized spacial score (nSPS) is 22.6. The van der Waals surface area contributed by atoms with Crippen LogP contribution in [0.2, 0.25) is 0 Å². The number of fused-ring (bicyclic) bond motifs is 2. The summed E-state index contributed by atoms with van der Waals surface area (Å²) in [5, 5.41) is 6.64. The van der Waals surface area contributed by atoms with E-state index in [1.165, 1.54) is 36.3 Å². The SMILES string of the molecule is CN(C)CCO/N=C1\CC2(CCCC2)c2ccsc21. The first-order valence-electron chi connectivity index (χ1n) is 7.13. The molecule has 3 nitrogen and oxygen atoms in total. The van der Waals surface area contributed by atoms with E-state index in [9.17, 15) is 0 Å². The van der Waals surface area contributed by atoms with Gasteiger partial charge in [0.1, 0.15) is 6.61 Å². The molecule has 3 rings (SSSR count). The van der Waals surface area contributed by atoms with Crippen LogP contribution in [0.25, 0.3) is 0 Å². The maximum atomic E-state index is 5.51. The molecule has 0 radical (unpaired) electrons. The highest BCUT2D eigenvalue weighted by Crippen LogP contribution is 2.51. The van der Waals surface area contributed by atoms with Gasteiger partial charge in [0.05, 0.1) is 10.6 Å². The summed E-state index contributed by atoms with van der Waals surface area (Å²) < 4.78 is 0. The minimum absolute atomic E-state index is 0.402. The van der Waals surface area contributed by atoms with Crippen molar-refractivity contribution >= 4 is 17.0 Å². The van der Waals surface area contributed by atoms with Crippen LogP contribution in [0.1, 0.15) is 42.5 Å². The summed E-state index contributed by atoms with van der Waals surface area (Å²) in [6, 6.07) is 2.31. The van der Waals surface area contributed by atoms with Gasteiger partial charge in [0.25, 0.3) is 0 Å². The summed E-state index contributed by atoms with van der Waals surface area (Å²) >= 11 is 1.82. The fraction of sp³-hybridized carbons (Fsp3) is 0.667. The van der Waals surface area contributed by atoms with Crippen LogP contribution in [0.5, 0.6) is 0 Å². The van der Waals surface area contributed by atoms with Crippen LogP contribution in [0.15, 0.2) is 16.6 Å². The summed E-state index contributed by atoms with van der Waals surface area (Å²) in [4.78, 5) is 9.01. The van der Waals surface area contributed by atoms with Crippen molar-refractivity contribution in [1.29, 1.82) is 0 Å². The Morgan fingerprint density at radius 1 is 1.37 bits per heavy atom. The molecule has 0 amide bonds. The van der Waals surface area contributed by atoms with Gasteiger partial charge in [-0.15, -0.1) is 11.3 Å². The monoisotopic (exact) mass is 278 g/mol. The third-order valence-electron chi connectivity index (χ3n) is 4.37. The lowest BCUT2D eigenvalue weighted by molar-refractivity contribution is 0.125. The molecule has 0 aromatic carbocycles. The minimum Gasteiger partial charge on any atom is -0.394 e. The zero-order chi connectivity index (χ0) is 13.3. The van der Waals surface area contributed by atoms with E-state index in [-0.39, 0.29) is 0 Å². The molecule has 0 bridgehead atoms. The fourth-order valence-electron chi connectivity index (χ4n) is 3.36. The van der Waals surface area contributed by atoms with Crippen molar-refractivity contribution in [3.8, 4) is 0 Å². The quantitative estimate of drug-likeness (QED) is 0.624. The largest absolute Gasteiger partial charge is 0.394 e. The maximum absolute atomic E-state index is 5.51. The second kappa shape index (κ2) is 5.25. The van der Waals surface area contributed by atoms with Gasteiger partial charge in [-0.25, -0.2) is 0 Å². The molecule has 1 saturated carbocycles. The molecular weight excluding hydrogens is 256 g/mol. The molecule has 1 heterocycles. The minimum atomic E-state index is 0.402. The molecule has 0 saturated heterocycles. The van der Waals surface area contributed by atoms with Crippen LogP contribution >= 0.6 is 11.3 Å². The Kier molecular flexibility index (Phi) is 3.63. The zero-order valence-electron chi connectivity index (χ0n) is 11.8. The Labute approximate surface area is 119 Å². The third-order valence-corrected chi connectivity index (χ3v) is 5.33. The molecule has 0 N–H and O–H groups in total. The molecule has 1 aromatic rings. The lowest BCUT2D eigenvalue weighted by atomic mass is 9.81. The Morgan fingerprint density at radius 3 is 2.89 bits per heavy atom. The Morgan fingerprint density at radius 2 is 2.16 bits per heavy atom. The second-order valence-electron chi connectivity index (χ2n) is 6.00. The van der Waals surface area contributed by atoms with Crippen LogP contribution in [0.4, 0.5) is 0 Å². The molecule has 104 valence electrons. The van der Waals surface area contributed by atoms with E-state index in [2.05, 4.69) is 35.6 Å².